The van der Waals surface area contributed by atoms with Crippen LogP contribution >= 0.6 is 11.6 Å². The summed E-state index contributed by atoms with van der Waals surface area (Å²) in [7, 11) is 1.54. The van der Waals surface area contributed by atoms with Crippen molar-refractivity contribution in [1.82, 2.24) is 10.2 Å². The second-order valence-corrected chi connectivity index (χ2v) is 6.31. The van der Waals surface area contributed by atoms with Crippen LogP contribution in [0.2, 0.25) is 5.02 Å². The van der Waals surface area contributed by atoms with E-state index in [1.165, 1.54) is 11.9 Å². The Kier molecular flexibility index (Phi) is 4.76. The van der Waals surface area contributed by atoms with Gasteiger partial charge in [0.1, 0.15) is 0 Å². The third kappa shape index (κ3) is 3.67. The van der Waals surface area contributed by atoms with Crippen LogP contribution in [-0.2, 0) is 16.1 Å². The molecule has 0 bridgehead atoms. The van der Waals surface area contributed by atoms with Crippen molar-refractivity contribution in [3.05, 3.63) is 70.4 Å². The van der Waals surface area contributed by atoms with E-state index in [2.05, 4.69) is 5.32 Å². The lowest BCUT2D eigenvalue weighted by Crippen LogP contribution is -2.27. The fourth-order valence-corrected chi connectivity index (χ4v) is 2.79. The van der Waals surface area contributed by atoms with Crippen molar-refractivity contribution in [1.29, 1.82) is 0 Å². The molecule has 0 saturated carbocycles. The second-order valence-electron chi connectivity index (χ2n) is 5.88. The Morgan fingerprint density at radius 2 is 1.92 bits per heavy atom. The maximum absolute atomic E-state index is 12.2. The Hall–Kier alpha value is -2.79. The average Bonchev–Trinajstić information content (AvgIpc) is 2.88. The van der Waals surface area contributed by atoms with Crippen LogP contribution < -0.4 is 5.32 Å². The summed E-state index contributed by atoms with van der Waals surface area (Å²) in [5.74, 6) is -1.45. The van der Waals surface area contributed by atoms with Crippen LogP contribution in [-0.4, -0.2) is 35.4 Å². The van der Waals surface area contributed by atoms with Gasteiger partial charge in [0.2, 0.25) is 0 Å². The summed E-state index contributed by atoms with van der Waals surface area (Å²) in [5.41, 5.74) is 3.06. The van der Waals surface area contributed by atoms with Gasteiger partial charge in [0, 0.05) is 18.6 Å². The van der Waals surface area contributed by atoms with Crippen molar-refractivity contribution in [2.45, 2.75) is 6.54 Å². The lowest BCUT2D eigenvalue weighted by molar-refractivity contribution is -0.126. The van der Waals surface area contributed by atoms with E-state index in [1.54, 1.807) is 0 Å². The topological polar surface area (TPSA) is 69.6 Å². The number of carbonyl (C=O) groups excluding carboxylic acids is 2. The van der Waals surface area contributed by atoms with Gasteiger partial charge >= 0.3 is 0 Å². The molecule has 0 aromatic heterocycles. The number of aliphatic hydroxyl groups is 1. The summed E-state index contributed by atoms with van der Waals surface area (Å²) >= 11 is 5.91. The molecule has 6 heteroatoms. The van der Waals surface area contributed by atoms with Gasteiger partial charge in [0.05, 0.1) is 12.1 Å². The number of halogens is 1. The second kappa shape index (κ2) is 6.99. The molecule has 2 N–H and O–H groups in total. The van der Waals surface area contributed by atoms with Gasteiger partial charge in [0.25, 0.3) is 11.8 Å². The predicted molar refractivity (Wildman–Crippen MR) is 96.0 cm³/mol. The van der Waals surface area contributed by atoms with E-state index in [-0.39, 0.29) is 12.1 Å². The summed E-state index contributed by atoms with van der Waals surface area (Å²) in [6, 6.07) is 15.3. The number of aliphatic hydroxyl groups excluding tert-OH is 1. The van der Waals surface area contributed by atoms with Crippen LogP contribution in [0.4, 0.5) is 0 Å². The first-order valence-corrected chi connectivity index (χ1v) is 8.14. The molecule has 5 nitrogen and oxygen atoms in total. The van der Waals surface area contributed by atoms with E-state index >= 15 is 0 Å². The minimum Gasteiger partial charge on any atom is -0.503 e. The molecule has 2 amide bonds. The Morgan fingerprint density at radius 1 is 1.20 bits per heavy atom. The lowest BCUT2D eigenvalue weighted by Gasteiger charge is -2.09. The van der Waals surface area contributed by atoms with Crippen molar-refractivity contribution in [2.24, 2.45) is 0 Å². The normalized spacial score (nSPS) is 14.2. The zero-order valence-electron chi connectivity index (χ0n) is 13.6. The van der Waals surface area contributed by atoms with E-state index < -0.39 is 17.6 Å². The first kappa shape index (κ1) is 17.0. The highest BCUT2D eigenvalue weighted by Gasteiger charge is 2.31. The largest absolute Gasteiger partial charge is 0.503 e. The fraction of sp³-hybridized carbons (Fsp3) is 0.158. The molecule has 1 aliphatic rings. The summed E-state index contributed by atoms with van der Waals surface area (Å²) in [4.78, 5) is 25.0. The molecule has 0 saturated heterocycles. The number of hydrogen-bond donors (Lipinski definition) is 2. The van der Waals surface area contributed by atoms with Crippen LogP contribution in [0, 0.1) is 0 Å². The number of rotatable bonds is 4. The summed E-state index contributed by atoms with van der Waals surface area (Å²) in [6.45, 7) is 0.413. The molecule has 0 aliphatic carbocycles. The van der Waals surface area contributed by atoms with Gasteiger partial charge in [0.15, 0.2) is 5.76 Å². The highest BCUT2D eigenvalue weighted by molar-refractivity contribution is 6.30. The molecule has 1 aliphatic heterocycles. The zero-order chi connectivity index (χ0) is 18.0. The molecule has 0 radical (unpaired) electrons. The molecule has 128 valence electrons. The van der Waals surface area contributed by atoms with Crippen molar-refractivity contribution >= 4 is 23.4 Å². The molecular weight excluding hydrogens is 340 g/mol. The van der Waals surface area contributed by atoms with Crippen LogP contribution in [0.25, 0.3) is 11.1 Å². The first-order chi connectivity index (χ1) is 12.0. The monoisotopic (exact) mass is 356 g/mol. The number of hydrogen-bond acceptors (Lipinski definition) is 3. The molecule has 0 unspecified atom stereocenters. The quantitative estimate of drug-likeness (QED) is 0.885. The van der Waals surface area contributed by atoms with E-state index in [0.29, 0.717) is 11.6 Å². The molecule has 0 fully saturated rings. The number of nitrogens with one attached hydrogen (secondary N) is 1. The SMILES string of the molecule is CN1CC(C(=O)NCc2cccc(-c3ccc(Cl)cc3)c2)=C(O)C1=O. The average molecular weight is 357 g/mol. The van der Waals surface area contributed by atoms with Crippen molar-refractivity contribution in [3.8, 4) is 11.1 Å². The van der Waals surface area contributed by atoms with Crippen LogP contribution in [0.1, 0.15) is 5.56 Å². The van der Waals surface area contributed by atoms with E-state index in [0.717, 1.165) is 16.7 Å². The number of amides is 2. The highest BCUT2D eigenvalue weighted by Crippen LogP contribution is 2.22. The molecule has 25 heavy (non-hydrogen) atoms. The van der Waals surface area contributed by atoms with Gasteiger partial charge < -0.3 is 15.3 Å². The Bertz CT molecular complexity index is 859. The van der Waals surface area contributed by atoms with Crippen molar-refractivity contribution in [3.63, 3.8) is 0 Å². The summed E-state index contributed by atoms with van der Waals surface area (Å²) < 4.78 is 0. The van der Waals surface area contributed by atoms with Gasteiger partial charge in [-0.3, -0.25) is 9.59 Å². The van der Waals surface area contributed by atoms with Crippen molar-refractivity contribution < 1.29 is 14.7 Å². The fourth-order valence-electron chi connectivity index (χ4n) is 2.67. The molecule has 1 heterocycles. The maximum atomic E-state index is 12.2. The summed E-state index contributed by atoms with van der Waals surface area (Å²) in [5, 5.41) is 13.1. The zero-order valence-corrected chi connectivity index (χ0v) is 14.4. The van der Waals surface area contributed by atoms with E-state index in [9.17, 15) is 14.7 Å². The third-order valence-corrected chi connectivity index (χ3v) is 4.31. The third-order valence-electron chi connectivity index (χ3n) is 4.06. The highest BCUT2D eigenvalue weighted by atomic mass is 35.5. The van der Waals surface area contributed by atoms with Crippen LogP contribution in [0.15, 0.2) is 59.9 Å². The molecular formula is C19H17ClN2O3. The van der Waals surface area contributed by atoms with Crippen LogP contribution in [0.5, 0.6) is 0 Å². The minimum absolute atomic E-state index is 0.0985. The molecule has 2 aromatic rings. The lowest BCUT2D eigenvalue weighted by atomic mass is 10.0. The van der Waals surface area contributed by atoms with Gasteiger partial charge in [-0.05, 0) is 34.9 Å². The molecule has 3 rings (SSSR count). The molecule has 0 spiro atoms. The van der Waals surface area contributed by atoms with Gasteiger partial charge in [-0.25, -0.2) is 0 Å². The molecule has 2 aromatic carbocycles. The number of carbonyl (C=O) groups is 2. The molecule has 0 atom stereocenters. The predicted octanol–water partition coefficient (Wildman–Crippen LogP) is 2.91. The number of nitrogens with zero attached hydrogens (tertiary/aromatic N) is 1. The first-order valence-electron chi connectivity index (χ1n) is 7.76. The standard InChI is InChI=1S/C19H17ClN2O3/c1-22-11-16(17(23)19(22)25)18(24)21-10-12-3-2-4-14(9-12)13-5-7-15(20)8-6-13/h2-9,23H,10-11H2,1H3,(H,21,24). The minimum atomic E-state index is -0.533. The Morgan fingerprint density at radius 3 is 2.56 bits per heavy atom. The number of benzene rings is 2. The van der Waals surface area contributed by atoms with E-state index in [4.69, 9.17) is 11.6 Å². The smallest absolute Gasteiger partial charge is 0.289 e. The van der Waals surface area contributed by atoms with Gasteiger partial charge in [-0.1, -0.05) is 41.9 Å². The van der Waals surface area contributed by atoms with Gasteiger partial charge in [-0.15, -0.1) is 0 Å². The summed E-state index contributed by atoms with van der Waals surface area (Å²) in [6.07, 6.45) is 0. The van der Waals surface area contributed by atoms with Crippen molar-refractivity contribution in [2.75, 3.05) is 13.6 Å². The number of likely N-dealkylation sites (N-methyl/N-ethyl adjacent to an activating group) is 1. The Balaban J connectivity index is 1.70. The van der Waals surface area contributed by atoms with Crippen LogP contribution in [0.3, 0.4) is 0 Å². The van der Waals surface area contributed by atoms with E-state index in [1.807, 2.05) is 48.5 Å². The maximum Gasteiger partial charge on any atom is 0.289 e. The Labute approximate surface area is 150 Å². The van der Waals surface area contributed by atoms with Gasteiger partial charge in [-0.2, -0.15) is 0 Å².